The van der Waals surface area contributed by atoms with Crippen LogP contribution in [0.5, 0.6) is 34.5 Å². The van der Waals surface area contributed by atoms with Crippen LogP contribution in [0.3, 0.4) is 0 Å². The van der Waals surface area contributed by atoms with Gasteiger partial charge in [0.05, 0.1) is 0 Å². The maximum atomic E-state index is 12.0. The molecule has 0 heterocycles. The molecule has 0 saturated heterocycles. The molecule has 0 atom stereocenters. The fourth-order valence-corrected chi connectivity index (χ4v) is 9.51. The molecule has 0 fully saturated rings. The van der Waals surface area contributed by atoms with Crippen LogP contribution in [0, 0.1) is 69.2 Å². The Hall–Kier alpha value is -6.66. The molecule has 330 valence electrons. The average Bonchev–Trinajstić information content (AvgIpc) is 3.25. The summed E-state index contributed by atoms with van der Waals surface area (Å²) in [4.78, 5) is 0. The summed E-state index contributed by atoms with van der Waals surface area (Å²) in [7, 11) is 0. The minimum absolute atomic E-state index is 0.194. The molecule has 6 heteroatoms. The first-order valence-corrected chi connectivity index (χ1v) is 22.2. The normalized spacial score (nSPS) is 11.4. The van der Waals surface area contributed by atoms with Gasteiger partial charge in [0.1, 0.15) is 34.5 Å². The van der Waals surface area contributed by atoms with Crippen LogP contribution in [-0.2, 0) is 38.5 Å². The predicted molar refractivity (Wildman–Crippen MR) is 259 cm³/mol. The monoisotopic (exact) mass is 854 g/mol. The predicted octanol–water partition coefficient (Wildman–Crippen LogP) is 12.5. The first kappa shape index (κ1) is 45.4. The van der Waals surface area contributed by atoms with Gasteiger partial charge >= 0.3 is 0 Å². The molecule has 0 unspecified atom stereocenters. The number of aromatic hydroxyl groups is 6. The van der Waals surface area contributed by atoms with E-state index in [4.69, 9.17) is 0 Å². The van der Waals surface area contributed by atoms with E-state index in [9.17, 15) is 30.6 Å². The van der Waals surface area contributed by atoms with Gasteiger partial charge in [-0.15, -0.1) is 0 Å². The van der Waals surface area contributed by atoms with E-state index >= 15 is 0 Å². The van der Waals surface area contributed by atoms with Crippen molar-refractivity contribution in [2.24, 2.45) is 0 Å². The van der Waals surface area contributed by atoms with E-state index in [2.05, 4.69) is 38.1 Å². The second kappa shape index (κ2) is 18.2. The van der Waals surface area contributed by atoms with Gasteiger partial charge in [-0.1, -0.05) is 83.9 Å². The van der Waals surface area contributed by atoms with Gasteiger partial charge in [0.15, 0.2) is 0 Å². The molecule has 0 spiro atoms. The Balaban J connectivity index is 1.19. The third-order valence-electron chi connectivity index (χ3n) is 13.7. The van der Waals surface area contributed by atoms with Gasteiger partial charge in [0, 0.05) is 60.8 Å². The van der Waals surface area contributed by atoms with Gasteiger partial charge < -0.3 is 30.6 Å². The number of benzene rings is 7. The maximum Gasteiger partial charge on any atom is 0.122 e. The number of phenolic OH excluding ortho intramolecular Hbond substituents is 6. The molecule has 64 heavy (non-hydrogen) atoms. The topological polar surface area (TPSA) is 121 Å². The van der Waals surface area contributed by atoms with Crippen molar-refractivity contribution in [2.45, 2.75) is 108 Å². The summed E-state index contributed by atoms with van der Waals surface area (Å²) in [5.74, 6) is 1.50. The first-order chi connectivity index (χ1) is 30.3. The Morgan fingerprint density at radius 3 is 0.922 bits per heavy atom. The Kier molecular flexibility index (Phi) is 12.9. The van der Waals surface area contributed by atoms with Gasteiger partial charge in [0.2, 0.25) is 0 Å². The van der Waals surface area contributed by atoms with Crippen molar-refractivity contribution >= 4 is 0 Å². The Bertz CT molecular complexity index is 2720. The minimum atomic E-state index is 0.194. The van der Waals surface area contributed by atoms with Gasteiger partial charge in [-0.05, 0) is 170 Å². The molecule has 0 amide bonds. The molecule has 0 saturated carbocycles. The smallest absolute Gasteiger partial charge is 0.122 e. The molecular formula is C58H62O6. The Morgan fingerprint density at radius 2 is 0.578 bits per heavy atom. The third-order valence-corrected chi connectivity index (χ3v) is 13.7. The SMILES string of the molecule is Cc1ccc(Cc2c(C)c(Cc3c(C)c(Cc4cc(C)cc(Cc5cc(C)c(O)c(Cc6cc(C)c(O)c(Cc7ccc(O)cc7)c6C)c5C)c4O)cc(C)c3O)cc(C)c2O)cc1. The highest BCUT2D eigenvalue weighted by atomic mass is 16.3. The Morgan fingerprint density at radius 1 is 0.281 bits per heavy atom. The molecule has 0 aliphatic carbocycles. The highest BCUT2D eigenvalue weighted by molar-refractivity contribution is 5.60. The zero-order chi connectivity index (χ0) is 46.3. The van der Waals surface area contributed by atoms with Crippen molar-refractivity contribution in [3.63, 3.8) is 0 Å². The lowest BCUT2D eigenvalue weighted by molar-refractivity contribution is 0.462. The standard InChI is InChI=1S/C58H62O6/c1-31-11-13-41(14-12-31)25-50-39(9)45(23-35(5)54(50)60)29-52-37(7)43(21-33(3)56(52)62)27-47-19-32(2)20-48(58(47)64)28-44-22-34(4)57(63)53(38(44)8)30-46-24-36(6)55(61)51(40(46)10)26-42-15-17-49(59)18-16-42/h11-24,59-64H,25-30H2,1-10H3. The van der Waals surface area contributed by atoms with E-state index in [1.165, 1.54) is 5.56 Å². The molecule has 0 aromatic heterocycles. The maximum absolute atomic E-state index is 12.0. The second-order valence-corrected chi connectivity index (χ2v) is 18.4. The van der Waals surface area contributed by atoms with Crippen LogP contribution in [0.2, 0.25) is 0 Å². The minimum Gasteiger partial charge on any atom is -0.508 e. The molecule has 7 aromatic carbocycles. The fourth-order valence-electron chi connectivity index (χ4n) is 9.51. The lowest BCUT2D eigenvalue weighted by Crippen LogP contribution is -2.06. The second-order valence-electron chi connectivity index (χ2n) is 18.4. The van der Waals surface area contributed by atoms with Crippen molar-refractivity contribution in [3.8, 4) is 34.5 Å². The van der Waals surface area contributed by atoms with Crippen molar-refractivity contribution in [2.75, 3.05) is 0 Å². The van der Waals surface area contributed by atoms with Gasteiger partial charge in [0.25, 0.3) is 0 Å². The first-order valence-electron chi connectivity index (χ1n) is 22.2. The summed E-state index contributed by atoms with van der Waals surface area (Å²) in [5, 5.41) is 67.3. The van der Waals surface area contributed by atoms with Gasteiger partial charge in [-0.2, -0.15) is 0 Å². The average molecular weight is 855 g/mol. The lowest BCUT2D eigenvalue weighted by Gasteiger charge is -2.21. The van der Waals surface area contributed by atoms with Crippen LogP contribution in [-0.4, -0.2) is 30.6 Å². The van der Waals surface area contributed by atoms with E-state index in [0.29, 0.717) is 44.3 Å². The van der Waals surface area contributed by atoms with Crippen molar-refractivity contribution < 1.29 is 30.6 Å². The number of rotatable bonds is 12. The number of hydrogen-bond acceptors (Lipinski definition) is 6. The summed E-state index contributed by atoms with van der Waals surface area (Å²) >= 11 is 0. The summed E-state index contributed by atoms with van der Waals surface area (Å²) < 4.78 is 0. The van der Waals surface area contributed by atoms with Crippen LogP contribution in [0.1, 0.15) is 122 Å². The molecule has 0 radical (unpaired) electrons. The third kappa shape index (κ3) is 9.19. The molecular weight excluding hydrogens is 793 g/mol. The highest BCUT2D eigenvalue weighted by Gasteiger charge is 2.22. The quantitative estimate of drug-likeness (QED) is 0.0728. The molecule has 6 nitrogen and oxygen atoms in total. The molecule has 6 N–H and O–H groups in total. The summed E-state index contributed by atoms with van der Waals surface area (Å²) in [6.45, 7) is 19.9. The fraction of sp³-hybridized carbons (Fsp3) is 0.276. The zero-order valence-electron chi connectivity index (χ0n) is 39.0. The van der Waals surface area contributed by atoms with Crippen LogP contribution in [0.15, 0.2) is 84.9 Å². The van der Waals surface area contributed by atoms with Crippen LogP contribution < -0.4 is 0 Å². The van der Waals surface area contributed by atoms with E-state index in [-0.39, 0.29) is 28.7 Å². The van der Waals surface area contributed by atoms with Crippen molar-refractivity contribution in [1.82, 2.24) is 0 Å². The molecule has 7 aromatic rings. The lowest BCUT2D eigenvalue weighted by atomic mass is 9.85. The summed E-state index contributed by atoms with van der Waals surface area (Å²) in [5.41, 5.74) is 20.4. The number of phenols is 6. The van der Waals surface area contributed by atoms with Crippen LogP contribution >= 0.6 is 0 Å². The van der Waals surface area contributed by atoms with Crippen molar-refractivity contribution in [1.29, 1.82) is 0 Å². The molecule has 0 aliphatic heterocycles. The van der Waals surface area contributed by atoms with Crippen molar-refractivity contribution in [3.05, 3.63) is 207 Å². The molecule has 0 aliphatic rings. The van der Waals surface area contributed by atoms with Crippen LogP contribution in [0.25, 0.3) is 0 Å². The van der Waals surface area contributed by atoms with E-state index in [1.54, 1.807) is 12.1 Å². The largest absolute Gasteiger partial charge is 0.508 e. The highest BCUT2D eigenvalue weighted by Crippen LogP contribution is 2.40. The van der Waals surface area contributed by atoms with E-state index in [1.807, 2.05) is 104 Å². The molecule has 0 bridgehead atoms. The summed E-state index contributed by atoms with van der Waals surface area (Å²) in [6.07, 6.45) is 3.00. The van der Waals surface area contributed by atoms with Crippen LogP contribution in [0.4, 0.5) is 0 Å². The molecule has 7 rings (SSSR count). The van der Waals surface area contributed by atoms with E-state index in [0.717, 1.165) is 117 Å². The number of hydrogen-bond donors (Lipinski definition) is 6. The van der Waals surface area contributed by atoms with Gasteiger partial charge in [-0.3, -0.25) is 0 Å². The van der Waals surface area contributed by atoms with Gasteiger partial charge in [-0.25, -0.2) is 0 Å². The summed E-state index contributed by atoms with van der Waals surface area (Å²) in [6, 6.07) is 27.6. The number of aryl methyl sites for hydroxylation is 6. The zero-order valence-corrected chi connectivity index (χ0v) is 39.0. The van der Waals surface area contributed by atoms with E-state index < -0.39 is 0 Å². The Labute approximate surface area is 378 Å².